The quantitative estimate of drug-likeness (QED) is 0.303. The predicted molar refractivity (Wildman–Crippen MR) is 123 cm³/mol. The first kappa shape index (κ1) is 23.0. The first-order valence-corrected chi connectivity index (χ1v) is 12.9. The number of benzene rings is 2. The first-order chi connectivity index (χ1) is 15.3. The molecule has 2 aliphatic rings. The number of rotatable bonds is 10. The average Bonchev–Trinajstić information content (AvgIpc) is 3.39. The summed E-state index contributed by atoms with van der Waals surface area (Å²) in [7, 11) is -4.03. The van der Waals surface area contributed by atoms with Crippen molar-refractivity contribution < 1.29 is 18.1 Å². The number of sulfonamides is 1. The van der Waals surface area contributed by atoms with Gasteiger partial charge in [0, 0.05) is 41.9 Å². The summed E-state index contributed by atoms with van der Waals surface area (Å²) in [6, 6.07) is 14.1. The van der Waals surface area contributed by atoms with Crippen LogP contribution in [0.3, 0.4) is 0 Å². The van der Waals surface area contributed by atoms with Crippen LogP contribution in [0.25, 0.3) is 0 Å². The number of nitrogens with one attached hydrogen (secondary N) is 1. The zero-order chi connectivity index (χ0) is 22.7. The topological polar surface area (TPSA) is 128 Å². The van der Waals surface area contributed by atoms with Gasteiger partial charge in [-0.2, -0.15) is 0 Å². The number of likely N-dealkylation sites (tertiary alicyclic amines) is 1. The first-order valence-electron chi connectivity index (χ1n) is 10.4. The molecule has 2 aliphatic heterocycles. The van der Waals surface area contributed by atoms with Crippen molar-refractivity contribution in [2.24, 2.45) is 5.14 Å². The van der Waals surface area contributed by atoms with Gasteiger partial charge >= 0.3 is 0 Å². The highest BCUT2D eigenvalue weighted by atomic mass is 32.2. The maximum Gasteiger partial charge on any atom is 0.293 e. The van der Waals surface area contributed by atoms with Crippen LogP contribution in [0.2, 0.25) is 0 Å². The molecule has 2 bridgehead atoms. The summed E-state index contributed by atoms with van der Waals surface area (Å²) in [5.41, 5.74) is -0.0211. The van der Waals surface area contributed by atoms with Crippen LogP contribution in [-0.4, -0.2) is 61.9 Å². The van der Waals surface area contributed by atoms with Crippen LogP contribution in [0.5, 0.6) is 0 Å². The van der Waals surface area contributed by atoms with Crippen LogP contribution in [0.4, 0.5) is 11.4 Å². The summed E-state index contributed by atoms with van der Waals surface area (Å²) in [4.78, 5) is 14.3. The summed E-state index contributed by atoms with van der Waals surface area (Å²) >= 11 is 1.68. The minimum Gasteiger partial charge on any atom is -0.376 e. The van der Waals surface area contributed by atoms with Crippen molar-refractivity contribution in [3.63, 3.8) is 0 Å². The molecule has 0 spiro atoms. The molecule has 0 aliphatic carbocycles. The molecule has 2 aromatic carbocycles. The van der Waals surface area contributed by atoms with E-state index >= 15 is 0 Å². The van der Waals surface area contributed by atoms with Crippen LogP contribution in [-0.2, 0) is 14.8 Å². The predicted octanol–water partition coefficient (Wildman–Crippen LogP) is 2.68. The van der Waals surface area contributed by atoms with E-state index in [1.165, 1.54) is 12.1 Å². The lowest BCUT2D eigenvalue weighted by molar-refractivity contribution is -0.384. The van der Waals surface area contributed by atoms with Crippen molar-refractivity contribution in [2.45, 2.75) is 40.8 Å². The second-order valence-corrected chi connectivity index (χ2v) is 10.7. The summed E-state index contributed by atoms with van der Waals surface area (Å²) in [6.45, 7) is 2.55. The molecular formula is C21H26N4O5S2. The van der Waals surface area contributed by atoms with E-state index in [9.17, 15) is 18.5 Å². The van der Waals surface area contributed by atoms with Crippen LogP contribution in [0.15, 0.2) is 58.3 Å². The van der Waals surface area contributed by atoms with Crippen LogP contribution in [0, 0.1) is 10.1 Å². The Hall–Kier alpha value is -2.18. The molecule has 32 heavy (non-hydrogen) atoms. The van der Waals surface area contributed by atoms with E-state index in [-0.39, 0.29) is 22.3 Å². The molecule has 9 nitrogen and oxygen atoms in total. The van der Waals surface area contributed by atoms with Crippen molar-refractivity contribution in [1.82, 2.24) is 4.90 Å². The molecule has 0 radical (unpaired) electrons. The Morgan fingerprint density at radius 2 is 2.06 bits per heavy atom. The lowest BCUT2D eigenvalue weighted by Gasteiger charge is -2.29. The molecule has 2 fully saturated rings. The molecule has 2 unspecified atom stereocenters. The zero-order valence-corrected chi connectivity index (χ0v) is 19.1. The Labute approximate surface area is 191 Å². The highest BCUT2D eigenvalue weighted by Gasteiger charge is 2.38. The van der Waals surface area contributed by atoms with Crippen molar-refractivity contribution >= 4 is 33.2 Å². The van der Waals surface area contributed by atoms with Gasteiger partial charge < -0.3 is 10.1 Å². The van der Waals surface area contributed by atoms with Gasteiger partial charge in [-0.25, -0.2) is 13.6 Å². The van der Waals surface area contributed by atoms with E-state index in [0.29, 0.717) is 17.9 Å². The smallest absolute Gasteiger partial charge is 0.293 e. The number of morpholine rings is 1. The highest BCUT2D eigenvalue weighted by molar-refractivity contribution is 7.99. The fraction of sp³-hybridized carbons (Fsp3) is 0.429. The number of hydrogen-bond acceptors (Lipinski definition) is 8. The van der Waals surface area contributed by atoms with E-state index in [1.54, 1.807) is 11.8 Å². The fourth-order valence-corrected chi connectivity index (χ4v) is 5.69. The summed E-state index contributed by atoms with van der Waals surface area (Å²) in [6.07, 6.45) is 2.17. The third-order valence-corrected chi connectivity index (χ3v) is 7.91. The zero-order valence-electron chi connectivity index (χ0n) is 17.4. The largest absolute Gasteiger partial charge is 0.376 e. The van der Waals surface area contributed by atoms with Crippen molar-refractivity contribution in [1.29, 1.82) is 0 Å². The number of nitro benzene ring substituents is 1. The third-order valence-electron chi connectivity index (χ3n) is 5.83. The molecule has 4 rings (SSSR count). The number of anilines is 1. The Balaban J connectivity index is 1.50. The molecule has 3 N–H and O–H groups in total. The number of thioether (sulfide) groups is 1. The number of nitro groups is 1. The Kier molecular flexibility index (Phi) is 7.01. The molecule has 11 heteroatoms. The number of nitrogens with zero attached hydrogens (tertiary/aromatic N) is 2. The van der Waals surface area contributed by atoms with Gasteiger partial charge in [0.1, 0.15) is 5.69 Å². The number of primary sulfonamides is 1. The van der Waals surface area contributed by atoms with Gasteiger partial charge in [-0.3, -0.25) is 15.0 Å². The summed E-state index contributed by atoms with van der Waals surface area (Å²) in [5.74, 6) is 0.705. The number of fused-ring (bicyclic) bond motifs is 2. The number of hydrogen-bond donors (Lipinski definition) is 2. The molecule has 0 aromatic heterocycles. The second-order valence-electron chi connectivity index (χ2n) is 8.07. The second kappa shape index (κ2) is 9.75. The molecule has 2 saturated heterocycles. The van der Waals surface area contributed by atoms with Crippen molar-refractivity contribution in [3.8, 4) is 0 Å². The lowest BCUT2D eigenvalue weighted by atomic mass is 10.1. The Bertz CT molecular complexity index is 1070. The van der Waals surface area contributed by atoms with Gasteiger partial charge in [0.2, 0.25) is 10.0 Å². The van der Waals surface area contributed by atoms with E-state index in [4.69, 9.17) is 9.88 Å². The molecule has 172 valence electrons. The fourth-order valence-electron chi connectivity index (χ4n) is 4.17. The number of nitrogens with two attached hydrogens (primary N) is 1. The molecule has 2 aromatic rings. The van der Waals surface area contributed by atoms with Gasteiger partial charge in [-0.1, -0.05) is 18.2 Å². The van der Waals surface area contributed by atoms with Gasteiger partial charge in [-0.05, 0) is 37.1 Å². The SMILES string of the molecule is NS(=O)(=O)c1ccc(N[C@H](CCN2CC3CC2CO3)CSc2ccccc2)c([N+](=O)[O-])c1. The lowest BCUT2D eigenvalue weighted by Crippen LogP contribution is -2.39. The maximum atomic E-state index is 11.6. The van der Waals surface area contributed by atoms with Crippen molar-refractivity contribution in [3.05, 3.63) is 58.6 Å². The van der Waals surface area contributed by atoms with Gasteiger partial charge in [0.05, 0.1) is 22.5 Å². The van der Waals surface area contributed by atoms with E-state index in [2.05, 4.69) is 10.2 Å². The van der Waals surface area contributed by atoms with E-state index in [0.717, 1.165) is 43.5 Å². The molecule has 0 saturated carbocycles. The highest BCUT2D eigenvalue weighted by Crippen LogP contribution is 2.31. The van der Waals surface area contributed by atoms with E-state index in [1.807, 2.05) is 30.3 Å². The average molecular weight is 479 g/mol. The Morgan fingerprint density at radius 3 is 2.69 bits per heavy atom. The number of ether oxygens (including phenoxy) is 1. The van der Waals surface area contributed by atoms with Crippen LogP contribution >= 0.6 is 11.8 Å². The normalized spacial score (nSPS) is 21.5. The maximum absolute atomic E-state index is 11.6. The van der Waals surface area contributed by atoms with Gasteiger partial charge in [0.25, 0.3) is 5.69 Å². The minimum atomic E-state index is -4.03. The van der Waals surface area contributed by atoms with Gasteiger partial charge in [-0.15, -0.1) is 11.8 Å². The van der Waals surface area contributed by atoms with Crippen LogP contribution < -0.4 is 10.5 Å². The minimum absolute atomic E-state index is 0.0562. The monoisotopic (exact) mass is 478 g/mol. The van der Waals surface area contributed by atoms with Crippen molar-refractivity contribution in [2.75, 3.05) is 30.8 Å². The van der Waals surface area contributed by atoms with E-state index < -0.39 is 14.9 Å². The third kappa shape index (κ3) is 5.59. The standard InChI is InChI=1S/C21H26N4O5S2/c22-32(28,29)19-6-7-20(21(11-19)25(26)27)23-15(14-31-18-4-2-1-3-5-18)8-9-24-12-17-10-16(24)13-30-17/h1-7,11,15-17,23H,8-10,12-14H2,(H2,22,28,29)/t15-,16?,17?/m1/s1. The summed E-state index contributed by atoms with van der Waals surface area (Å²) < 4.78 is 28.9. The molecule has 3 atom stereocenters. The molecule has 0 amide bonds. The molecular weight excluding hydrogens is 452 g/mol. The molecule has 2 heterocycles. The van der Waals surface area contributed by atoms with Crippen LogP contribution in [0.1, 0.15) is 12.8 Å². The Morgan fingerprint density at radius 1 is 1.28 bits per heavy atom. The summed E-state index contributed by atoms with van der Waals surface area (Å²) in [5, 5.41) is 20.1. The van der Waals surface area contributed by atoms with Gasteiger partial charge in [0.15, 0.2) is 0 Å².